The fraction of sp³-hybridized carbons (Fsp3) is 0.417. The second-order valence-electron chi connectivity index (χ2n) is 7.44. The number of carbonyl (C=O) groups is 2. The molecule has 0 spiro atoms. The van der Waals surface area contributed by atoms with Gasteiger partial charge >= 0.3 is 0 Å². The van der Waals surface area contributed by atoms with Gasteiger partial charge in [0.05, 0.1) is 14.2 Å². The van der Waals surface area contributed by atoms with E-state index < -0.39 is 17.8 Å². The summed E-state index contributed by atoms with van der Waals surface area (Å²) in [5, 5.41) is 2.87. The lowest BCUT2D eigenvalue weighted by Gasteiger charge is -2.29. The van der Waals surface area contributed by atoms with E-state index in [1.165, 1.54) is 25.2 Å². The van der Waals surface area contributed by atoms with Crippen molar-refractivity contribution in [3.05, 3.63) is 53.8 Å². The number of methoxy groups -OCH3 is 2. The van der Waals surface area contributed by atoms with Crippen LogP contribution < -0.4 is 19.5 Å². The maximum Gasteiger partial charge on any atom is 0.261 e. The first kappa shape index (κ1) is 25.0. The van der Waals surface area contributed by atoms with Gasteiger partial charge < -0.3 is 24.4 Å². The van der Waals surface area contributed by atoms with Crippen LogP contribution in [0.4, 0.5) is 4.39 Å². The molecule has 2 rings (SSSR count). The fourth-order valence-electron chi connectivity index (χ4n) is 2.95. The third-order valence-corrected chi connectivity index (χ3v) is 5.15. The molecule has 1 N–H and O–H groups in total. The molecule has 0 bridgehead atoms. The first-order chi connectivity index (χ1) is 15.3. The molecule has 0 saturated heterocycles. The monoisotopic (exact) mass is 446 g/mol. The summed E-state index contributed by atoms with van der Waals surface area (Å²) in [6.07, 6.45) is 0.750. The molecule has 2 aromatic rings. The minimum absolute atomic E-state index is 0.0455. The molecule has 8 heteroatoms. The Morgan fingerprint density at radius 3 is 2.19 bits per heavy atom. The topological polar surface area (TPSA) is 77.1 Å². The van der Waals surface area contributed by atoms with Crippen molar-refractivity contribution in [2.75, 3.05) is 20.8 Å². The molecule has 32 heavy (non-hydrogen) atoms. The van der Waals surface area contributed by atoms with Crippen LogP contribution in [0.2, 0.25) is 0 Å². The maximum atomic E-state index is 14.3. The van der Waals surface area contributed by atoms with Gasteiger partial charge in [0.1, 0.15) is 29.1 Å². The van der Waals surface area contributed by atoms with E-state index >= 15 is 0 Å². The normalized spacial score (nSPS) is 12.4. The number of nitrogens with one attached hydrogen (secondary N) is 1. The van der Waals surface area contributed by atoms with Crippen LogP contribution in [0, 0.1) is 5.82 Å². The quantitative estimate of drug-likeness (QED) is 0.571. The Morgan fingerprint density at radius 2 is 1.62 bits per heavy atom. The predicted molar refractivity (Wildman–Crippen MR) is 119 cm³/mol. The van der Waals surface area contributed by atoms with E-state index in [9.17, 15) is 14.0 Å². The predicted octanol–water partition coefficient (Wildman–Crippen LogP) is 3.55. The van der Waals surface area contributed by atoms with Gasteiger partial charge in [-0.15, -0.1) is 0 Å². The van der Waals surface area contributed by atoms with E-state index in [4.69, 9.17) is 14.2 Å². The Morgan fingerprint density at radius 1 is 1.03 bits per heavy atom. The zero-order valence-electron chi connectivity index (χ0n) is 19.2. The second-order valence-corrected chi connectivity index (χ2v) is 7.44. The molecule has 7 nitrogen and oxygen atoms in total. The van der Waals surface area contributed by atoms with Gasteiger partial charge in [-0.1, -0.05) is 25.1 Å². The van der Waals surface area contributed by atoms with Crippen molar-refractivity contribution >= 4 is 11.8 Å². The van der Waals surface area contributed by atoms with E-state index in [1.807, 2.05) is 13.8 Å². The number of ether oxygens (including phenoxy) is 3. The second kappa shape index (κ2) is 11.9. The summed E-state index contributed by atoms with van der Waals surface area (Å²) in [5.41, 5.74) is 0.312. The van der Waals surface area contributed by atoms with Crippen LogP contribution in [0.25, 0.3) is 0 Å². The van der Waals surface area contributed by atoms with Crippen LogP contribution in [0.3, 0.4) is 0 Å². The smallest absolute Gasteiger partial charge is 0.261 e. The highest BCUT2D eigenvalue weighted by Gasteiger charge is 2.28. The Hall–Kier alpha value is -3.29. The summed E-state index contributed by atoms with van der Waals surface area (Å²) in [6.45, 7) is 5.04. The van der Waals surface area contributed by atoms with Gasteiger partial charge in [-0.25, -0.2) is 4.39 Å². The lowest BCUT2D eigenvalue weighted by molar-refractivity contribution is -0.142. The molecule has 0 aromatic heterocycles. The van der Waals surface area contributed by atoms with E-state index in [-0.39, 0.29) is 25.1 Å². The van der Waals surface area contributed by atoms with Crippen molar-refractivity contribution in [3.8, 4) is 17.2 Å². The molecule has 0 aliphatic heterocycles. The molecule has 2 aromatic carbocycles. The summed E-state index contributed by atoms with van der Waals surface area (Å²) in [6, 6.07) is 10.2. The number of hydrogen-bond acceptors (Lipinski definition) is 5. The standard InChI is InChI=1S/C24H31FN2O5/c1-6-16(2)26-24(29)17(3)27(14-18-9-7-8-10-22(18)25)23(28)15-32-21-12-19(30-4)11-20(13-21)31-5/h7-13,16-17H,6,14-15H2,1-5H3,(H,26,29)/t16-,17+/m0/s1. The van der Waals surface area contributed by atoms with Crippen LogP contribution >= 0.6 is 0 Å². The summed E-state index contributed by atoms with van der Waals surface area (Å²) < 4.78 is 30.3. The van der Waals surface area contributed by atoms with Crippen LogP contribution in [0.1, 0.15) is 32.8 Å². The van der Waals surface area contributed by atoms with Gasteiger partial charge in [-0.3, -0.25) is 9.59 Å². The molecule has 0 radical (unpaired) electrons. The van der Waals surface area contributed by atoms with Crippen molar-refractivity contribution in [3.63, 3.8) is 0 Å². The molecule has 2 atom stereocenters. The molecule has 0 aliphatic rings. The van der Waals surface area contributed by atoms with Crippen molar-refractivity contribution < 1.29 is 28.2 Å². The highest BCUT2D eigenvalue weighted by molar-refractivity contribution is 5.88. The zero-order valence-corrected chi connectivity index (χ0v) is 19.2. The Labute approximate surface area is 188 Å². The first-order valence-corrected chi connectivity index (χ1v) is 10.5. The van der Waals surface area contributed by atoms with Crippen LogP contribution in [-0.2, 0) is 16.1 Å². The molecule has 174 valence electrons. The number of benzene rings is 2. The molecular weight excluding hydrogens is 415 g/mol. The summed E-state index contributed by atoms with van der Waals surface area (Å²) >= 11 is 0. The largest absolute Gasteiger partial charge is 0.496 e. The minimum Gasteiger partial charge on any atom is -0.496 e. The average Bonchev–Trinajstić information content (AvgIpc) is 2.81. The lowest BCUT2D eigenvalue weighted by atomic mass is 10.1. The van der Waals surface area contributed by atoms with Crippen LogP contribution in [-0.4, -0.2) is 49.6 Å². The SMILES string of the molecule is CC[C@H](C)NC(=O)[C@@H](C)N(Cc1ccccc1F)C(=O)COc1cc(OC)cc(OC)c1. The number of hydrogen-bond donors (Lipinski definition) is 1. The summed E-state index contributed by atoms with van der Waals surface area (Å²) in [4.78, 5) is 27.1. The molecular formula is C24H31FN2O5. The molecule has 0 fully saturated rings. The van der Waals surface area contributed by atoms with Gasteiger partial charge in [0.2, 0.25) is 5.91 Å². The molecule has 0 aliphatic carbocycles. The first-order valence-electron chi connectivity index (χ1n) is 10.5. The fourth-order valence-corrected chi connectivity index (χ4v) is 2.95. The van der Waals surface area contributed by atoms with Gasteiger partial charge in [-0.2, -0.15) is 0 Å². The van der Waals surface area contributed by atoms with Crippen LogP contribution in [0.15, 0.2) is 42.5 Å². The zero-order chi connectivity index (χ0) is 23.7. The molecule has 0 unspecified atom stereocenters. The summed E-state index contributed by atoms with van der Waals surface area (Å²) in [5.74, 6) is 0.178. The number of rotatable bonds is 11. The lowest BCUT2D eigenvalue weighted by Crippen LogP contribution is -2.50. The van der Waals surface area contributed by atoms with E-state index in [2.05, 4.69) is 5.32 Å². The van der Waals surface area contributed by atoms with Gasteiger partial charge in [0, 0.05) is 36.3 Å². The summed E-state index contributed by atoms with van der Waals surface area (Å²) in [7, 11) is 3.02. The van der Waals surface area contributed by atoms with Gasteiger partial charge in [0.25, 0.3) is 5.91 Å². The number of halogens is 1. The van der Waals surface area contributed by atoms with Crippen molar-refractivity contribution in [2.24, 2.45) is 0 Å². The molecule has 0 heterocycles. The Balaban J connectivity index is 2.21. The van der Waals surface area contributed by atoms with Gasteiger partial charge in [-0.05, 0) is 26.3 Å². The number of nitrogens with zero attached hydrogens (tertiary/aromatic N) is 1. The number of amides is 2. The maximum absolute atomic E-state index is 14.3. The average molecular weight is 447 g/mol. The minimum atomic E-state index is -0.820. The highest BCUT2D eigenvalue weighted by Crippen LogP contribution is 2.27. The Bertz CT molecular complexity index is 899. The molecule has 0 saturated carbocycles. The third kappa shape index (κ3) is 6.87. The van der Waals surface area contributed by atoms with Crippen molar-refractivity contribution in [1.29, 1.82) is 0 Å². The van der Waals surface area contributed by atoms with E-state index in [0.29, 0.717) is 22.8 Å². The van der Waals surface area contributed by atoms with Crippen molar-refractivity contribution in [2.45, 2.75) is 45.8 Å². The third-order valence-electron chi connectivity index (χ3n) is 5.15. The van der Waals surface area contributed by atoms with Crippen LogP contribution in [0.5, 0.6) is 17.2 Å². The molecule has 2 amide bonds. The van der Waals surface area contributed by atoms with Crippen molar-refractivity contribution in [1.82, 2.24) is 10.2 Å². The van der Waals surface area contributed by atoms with E-state index in [1.54, 1.807) is 43.3 Å². The van der Waals surface area contributed by atoms with E-state index in [0.717, 1.165) is 6.42 Å². The Kier molecular flexibility index (Phi) is 9.31. The van der Waals surface area contributed by atoms with Gasteiger partial charge in [0.15, 0.2) is 6.61 Å². The number of carbonyl (C=O) groups excluding carboxylic acids is 2. The highest BCUT2D eigenvalue weighted by atomic mass is 19.1.